The van der Waals surface area contributed by atoms with Crippen LogP contribution in [0.2, 0.25) is 5.15 Å². The van der Waals surface area contributed by atoms with E-state index in [1.54, 1.807) is 0 Å². The van der Waals surface area contributed by atoms with Gasteiger partial charge in [-0.05, 0) is 38.1 Å². The fraction of sp³-hybridized carbons (Fsp3) is 0.286. The Morgan fingerprint density at radius 1 is 1.05 bits per heavy atom. The highest BCUT2D eigenvalue weighted by Crippen LogP contribution is 2.24. The quantitative estimate of drug-likeness (QED) is 0.871. The maximum absolute atomic E-state index is 6.05. The molecule has 0 fully saturated rings. The predicted molar refractivity (Wildman–Crippen MR) is 80.6 cm³/mol. The molecule has 1 N–H and O–H groups in total. The van der Waals surface area contributed by atoms with E-state index in [9.17, 15) is 0 Å². The number of nitrogens with zero attached hydrogens (tertiary/aromatic N) is 3. The van der Waals surface area contributed by atoms with Crippen molar-refractivity contribution < 1.29 is 0 Å². The Bertz CT molecular complexity index is 579. The van der Waals surface area contributed by atoms with Crippen molar-refractivity contribution in [3.8, 4) is 0 Å². The molecule has 19 heavy (non-hydrogen) atoms. The average Bonchev–Trinajstić information content (AvgIpc) is 2.36. The molecule has 2 rings (SSSR count). The predicted octanol–water partition coefficient (Wildman–Crippen LogP) is 3.56. The van der Waals surface area contributed by atoms with E-state index in [0.717, 1.165) is 22.8 Å². The molecule has 1 aromatic carbocycles. The Labute approximate surface area is 118 Å². The summed E-state index contributed by atoms with van der Waals surface area (Å²) in [5.74, 6) is 1.40. The summed E-state index contributed by atoms with van der Waals surface area (Å²) in [5.41, 5.74) is 2.98. The molecule has 0 aliphatic rings. The Hall–Kier alpha value is -1.81. The van der Waals surface area contributed by atoms with E-state index in [1.165, 1.54) is 0 Å². The van der Waals surface area contributed by atoms with Crippen LogP contribution in [0.5, 0.6) is 0 Å². The molecule has 2 aromatic rings. The molecular formula is C14H17ClN4. The number of hydrogen-bond acceptors (Lipinski definition) is 4. The molecule has 5 heteroatoms. The number of hydrogen-bond donors (Lipinski definition) is 1. The summed E-state index contributed by atoms with van der Waals surface area (Å²) in [6.07, 6.45) is 0. The number of nitrogens with one attached hydrogen (secondary N) is 1. The van der Waals surface area contributed by atoms with Gasteiger partial charge in [0.25, 0.3) is 0 Å². The summed E-state index contributed by atoms with van der Waals surface area (Å²) >= 11 is 6.05. The molecule has 0 amide bonds. The fourth-order valence-electron chi connectivity index (χ4n) is 1.70. The molecule has 1 heterocycles. The lowest BCUT2D eigenvalue weighted by Crippen LogP contribution is -2.08. The lowest BCUT2D eigenvalue weighted by molar-refractivity contribution is 1.04. The normalized spacial score (nSPS) is 10.4. The molecule has 0 saturated heterocycles. The smallest absolute Gasteiger partial charge is 0.138 e. The van der Waals surface area contributed by atoms with Gasteiger partial charge in [0, 0.05) is 31.0 Å². The lowest BCUT2D eigenvalue weighted by atomic mass is 10.2. The molecule has 4 nitrogen and oxygen atoms in total. The van der Waals surface area contributed by atoms with Crippen LogP contribution in [0, 0.1) is 13.8 Å². The zero-order chi connectivity index (χ0) is 14.0. The minimum atomic E-state index is 0.486. The Morgan fingerprint density at radius 3 is 2.26 bits per heavy atom. The first-order chi connectivity index (χ1) is 8.97. The zero-order valence-electron chi connectivity index (χ0n) is 11.5. The number of rotatable bonds is 3. The van der Waals surface area contributed by atoms with Crippen molar-refractivity contribution in [1.82, 2.24) is 9.97 Å². The van der Waals surface area contributed by atoms with Crippen LogP contribution in [0.1, 0.15) is 11.4 Å². The monoisotopic (exact) mass is 276 g/mol. The molecule has 0 bridgehead atoms. The van der Waals surface area contributed by atoms with Crippen LogP contribution in [0.25, 0.3) is 0 Å². The van der Waals surface area contributed by atoms with Crippen LogP contribution < -0.4 is 10.2 Å². The number of aromatic nitrogens is 2. The van der Waals surface area contributed by atoms with Gasteiger partial charge in [0.05, 0.1) is 0 Å². The van der Waals surface area contributed by atoms with Gasteiger partial charge in [-0.2, -0.15) is 0 Å². The molecule has 0 radical (unpaired) electrons. The van der Waals surface area contributed by atoms with E-state index in [0.29, 0.717) is 11.0 Å². The SMILES string of the molecule is Cc1nc(Cl)c(C)c(Nc2ccc(N(C)C)cc2)n1. The van der Waals surface area contributed by atoms with Crippen LogP contribution in [0.3, 0.4) is 0 Å². The lowest BCUT2D eigenvalue weighted by Gasteiger charge is -2.14. The van der Waals surface area contributed by atoms with Gasteiger partial charge in [-0.25, -0.2) is 9.97 Å². The Morgan fingerprint density at radius 2 is 1.68 bits per heavy atom. The number of aryl methyl sites for hydroxylation is 1. The van der Waals surface area contributed by atoms with Gasteiger partial charge >= 0.3 is 0 Å². The third-order valence-electron chi connectivity index (χ3n) is 2.84. The minimum Gasteiger partial charge on any atom is -0.378 e. The molecule has 0 unspecified atom stereocenters. The maximum atomic E-state index is 6.05. The van der Waals surface area contributed by atoms with E-state index in [-0.39, 0.29) is 0 Å². The molecule has 0 spiro atoms. The van der Waals surface area contributed by atoms with Crippen molar-refractivity contribution >= 4 is 28.8 Å². The molecule has 0 aliphatic heterocycles. The van der Waals surface area contributed by atoms with Crippen LogP contribution in [0.4, 0.5) is 17.2 Å². The topological polar surface area (TPSA) is 41.1 Å². The van der Waals surface area contributed by atoms with Crippen LogP contribution >= 0.6 is 11.6 Å². The molecule has 1 aromatic heterocycles. The largest absolute Gasteiger partial charge is 0.378 e. The summed E-state index contributed by atoms with van der Waals surface area (Å²) in [6, 6.07) is 8.13. The van der Waals surface area contributed by atoms with Gasteiger partial charge in [0.15, 0.2) is 0 Å². The second kappa shape index (κ2) is 5.45. The molecule has 0 atom stereocenters. The van der Waals surface area contributed by atoms with Crippen molar-refractivity contribution in [2.45, 2.75) is 13.8 Å². The van der Waals surface area contributed by atoms with Gasteiger partial charge in [-0.15, -0.1) is 0 Å². The van der Waals surface area contributed by atoms with Gasteiger partial charge in [0.1, 0.15) is 16.8 Å². The fourth-order valence-corrected chi connectivity index (χ4v) is 1.91. The first-order valence-corrected chi connectivity index (χ1v) is 6.40. The van der Waals surface area contributed by atoms with Crippen molar-refractivity contribution in [3.05, 3.63) is 40.8 Å². The first-order valence-electron chi connectivity index (χ1n) is 6.02. The van der Waals surface area contributed by atoms with Gasteiger partial charge in [-0.1, -0.05) is 11.6 Å². The summed E-state index contributed by atoms with van der Waals surface area (Å²) in [5, 5.41) is 3.75. The van der Waals surface area contributed by atoms with E-state index in [4.69, 9.17) is 11.6 Å². The van der Waals surface area contributed by atoms with E-state index < -0.39 is 0 Å². The van der Waals surface area contributed by atoms with E-state index >= 15 is 0 Å². The second-order valence-electron chi connectivity index (χ2n) is 4.60. The van der Waals surface area contributed by atoms with Gasteiger partial charge in [0.2, 0.25) is 0 Å². The summed E-state index contributed by atoms with van der Waals surface area (Å²) in [7, 11) is 4.03. The van der Waals surface area contributed by atoms with Crippen LogP contribution in [-0.2, 0) is 0 Å². The molecular weight excluding hydrogens is 260 g/mol. The second-order valence-corrected chi connectivity index (χ2v) is 4.96. The zero-order valence-corrected chi connectivity index (χ0v) is 12.3. The summed E-state index contributed by atoms with van der Waals surface area (Å²) < 4.78 is 0. The van der Waals surface area contributed by atoms with E-state index in [2.05, 4.69) is 20.2 Å². The number of halogens is 1. The molecule has 100 valence electrons. The highest BCUT2D eigenvalue weighted by atomic mass is 35.5. The van der Waals surface area contributed by atoms with Gasteiger partial charge < -0.3 is 10.2 Å². The number of benzene rings is 1. The molecule has 0 aliphatic carbocycles. The first kappa shape index (κ1) is 13.6. The van der Waals surface area contributed by atoms with Crippen LogP contribution in [0.15, 0.2) is 24.3 Å². The minimum absolute atomic E-state index is 0.486. The Balaban J connectivity index is 2.26. The highest BCUT2D eigenvalue weighted by molar-refractivity contribution is 6.30. The van der Waals surface area contributed by atoms with Gasteiger partial charge in [-0.3, -0.25) is 0 Å². The third-order valence-corrected chi connectivity index (χ3v) is 3.21. The summed E-state index contributed by atoms with van der Waals surface area (Å²) in [6.45, 7) is 3.73. The number of anilines is 3. The summed E-state index contributed by atoms with van der Waals surface area (Å²) in [4.78, 5) is 10.5. The van der Waals surface area contributed by atoms with Crippen molar-refractivity contribution in [2.75, 3.05) is 24.3 Å². The van der Waals surface area contributed by atoms with Crippen LogP contribution in [-0.4, -0.2) is 24.1 Å². The Kier molecular flexibility index (Phi) is 3.90. The van der Waals surface area contributed by atoms with Crippen molar-refractivity contribution in [1.29, 1.82) is 0 Å². The van der Waals surface area contributed by atoms with Crippen molar-refractivity contribution in [2.24, 2.45) is 0 Å². The van der Waals surface area contributed by atoms with Crippen molar-refractivity contribution in [3.63, 3.8) is 0 Å². The highest BCUT2D eigenvalue weighted by Gasteiger charge is 2.07. The van der Waals surface area contributed by atoms with E-state index in [1.807, 2.05) is 52.2 Å². The standard InChI is InChI=1S/C14H17ClN4/c1-9-13(15)16-10(2)17-14(9)18-11-5-7-12(8-6-11)19(3)4/h5-8H,1-4H3,(H,16,17,18). The third kappa shape index (κ3) is 3.15. The maximum Gasteiger partial charge on any atom is 0.138 e. The molecule has 0 saturated carbocycles. The average molecular weight is 277 g/mol.